The molecule has 0 aliphatic rings. The van der Waals surface area contributed by atoms with E-state index in [9.17, 15) is 4.79 Å². The molecule has 3 N–H and O–H groups in total. The first kappa shape index (κ1) is 13.5. The van der Waals surface area contributed by atoms with Gasteiger partial charge in [-0.2, -0.15) is 0 Å². The fraction of sp³-hybridized carbons (Fsp3) is 0.308. The van der Waals surface area contributed by atoms with Crippen LogP contribution in [0.5, 0.6) is 0 Å². The van der Waals surface area contributed by atoms with E-state index >= 15 is 0 Å². The van der Waals surface area contributed by atoms with Gasteiger partial charge in [0.05, 0.1) is 5.69 Å². The zero-order chi connectivity index (χ0) is 13.8. The van der Waals surface area contributed by atoms with Gasteiger partial charge < -0.3 is 11.1 Å². The number of nitrogens with two attached hydrogens (primary N) is 1. The van der Waals surface area contributed by atoms with Gasteiger partial charge in [0.25, 0.3) is 5.91 Å². The zero-order valence-electron chi connectivity index (χ0n) is 10.9. The third-order valence-electron chi connectivity index (χ3n) is 2.79. The van der Waals surface area contributed by atoms with Crippen LogP contribution in [0.4, 0.5) is 11.4 Å². The minimum absolute atomic E-state index is 0.179. The number of benzene rings is 1. The molecule has 5 nitrogen and oxygen atoms in total. The van der Waals surface area contributed by atoms with E-state index in [4.69, 9.17) is 5.73 Å². The van der Waals surface area contributed by atoms with Crippen LogP contribution in [0.25, 0.3) is 0 Å². The molecule has 0 spiro atoms. The fourth-order valence-electron chi connectivity index (χ4n) is 1.69. The van der Waals surface area contributed by atoms with Crippen LogP contribution in [-0.2, 0) is 6.42 Å². The summed E-state index contributed by atoms with van der Waals surface area (Å²) >= 11 is 1.12. The van der Waals surface area contributed by atoms with Crippen molar-refractivity contribution >= 4 is 28.8 Å². The van der Waals surface area contributed by atoms with E-state index in [1.165, 1.54) is 0 Å². The molecule has 0 fully saturated rings. The molecular formula is C13H16N4OS. The van der Waals surface area contributed by atoms with E-state index in [1.807, 2.05) is 26.0 Å². The monoisotopic (exact) mass is 276 g/mol. The maximum absolute atomic E-state index is 12.1. The summed E-state index contributed by atoms with van der Waals surface area (Å²) in [7, 11) is 0. The van der Waals surface area contributed by atoms with E-state index in [-0.39, 0.29) is 5.91 Å². The molecule has 0 saturated carbocycles. The van der Waals surface area contributed by atoms with Crippen molar-refractivity contribution < 1.29 is 4.79 Å². The van der Waals surface area contributed by atoms with Gasteiger partial charge in [-0.25, -0.2) is 0 Å². The first-order valence-corrected chi connectivity index (χ1v) is 6.88. The minimum atomic E-state index is -0.179. The van der Waals surface area contributed by atoms with Crippen molar-refractivity contribution in [2.45, 2.75) is 26.7 Å². The molecule has 0 aliphatic carbocycles. The Bertz CT molecular complexity index is 594. The third kappa shape index (κ3) is 3.08. The molecule has 19 heavy (non-hydrogen) atoms. The van der Waals surface area contributed by atoms with Gasteiger partial charge in [-0.05, 0) is 42.6 Å². The highest BCUT2D eigenvalue weighted by Gasteiger charge is 2.15. The van der Waals surface area contributed by atoms with Gasteiger partial charge in [0, 0.05) is 11.4 Å². The van der Waals surface area contributed by atoms with Gasteiger partial charge in [0.15, 0.2) is 0 Å². The van der Waals surface area contributed by atoms with Crippen LogP contribution < -0.4 is 11.1 Å². The lowest BCUT2D eigenvalue weighted by Gasteiger charge is -2.06. The zero-order valence-corrected chi connectivity index (χ0v) is 11.8. The van der Waals surface area contributed by atoms with Crippen molar-refractivity contribution in [2.24, 2.45) is 0 Å². The van der Waals surface area contributed by atoms with Crippen LogP contribution in [0.15, 0.2) is 18.2 Å². The van der Waals surface area contributed by atoms with Crippen LogP contribution in [0.2, 0.25) is 0 Å². The van der Waals surface area contributed by atoms with Crippen molar-refractivity contribution in [3.05, 3.63) is 34.3 Å². The number of hydrogen-bond donors (Lipinski definition) is 2. The van der Waals surface area contributed by atoms with Gasteiger partial charge in [-0.1, -0.05) is 23.9 Å². The summed E-state index contributed by atoms with van der Waals surface area (Å²) in [5.41, 5.74) is 8.91. The molecule has 1 amide bonds. The lowest BCUT2D eigenvalue weighted by molar-refractivity contribution is 0.102. The predicted octanol–water partition coefficient (Wildman–Crippen LogP) is 2.63. The quantitative estimate of drug-likeness (QED) is 0.841. The summed E-state index contributed by atoms with van der Waals surface area (Å²) in [5, 5.41) is 6.81. The van der Waals surface area contributed by atoms with Gasteiger partial charge in [-0.15, -0.1) is 5.10 Å². The number of aryl methyl sites for hydroxylation is 2. The number of carbonyl (C=O) groups excluding carboxylic acids is 1. The van der Waals surface area contributed by atoms with Crippen molar-refractivity contribution in [1.82, 2.24) is 9.59 Å². The Morgan fingerprint density at radius 3 is 2.95 bits per heavy atom. The largest absolute Gasteiger partial charge is 0.398 e. The Morgan fingerprint density at radius 2 is 2.26 bits per heavy atom. The maximum atomic E-state index is 12.1. The van der Waals surface area contributed by atoms with Gasteiger partial charge in [-0.3, -0.25) is 4.79 Å². The SMILES string of the molecule is CCCc1nnsc1C(=O)Nc1ccc(C)c(N)c1. The molecule has 1 aromatic heterocycles. The number of anilines is 2. The minimum Gasteiger partial charge on any atom is -0.398 e. The summed E-state index contributed by atoms with van der Waals surface area (Å²) < 4.78 is 3.84. The standard InChI is InChI=1S/C13H16N4OS/c1-3-4-11-12(19-17-16-11)13(18)15-9-6-5-8(2)10(14)7-9/h5-7H,3-4,14H2,1-2H3,(H,15,18). The fourth-order valence-corrected chi connectivity index (χ4v) is 2.29. The van der Waals surface area contributed by atoms with Crippen molar-refractivity contribution in [3.63, 3.8) is 0 Å². The lowest BCUT2D eigenvalue weighted by atomic mass is 10.2. The average molecular weight is 276 g/mol. The van der Waals surface area contributed by atoms with E-state index in [0.717, 1.165) is 35.6 Å². The Labute approximate surface area is 116 Å². The normalized spacial score (nSPS) is 10.4. The smallest absolute Gasteiger partial charge is 0.269 e. The molecule has 2 rings (SSSR count). The number of rotatable bonds is 4. The average Bonchev–Trinajstić information content (AvgIpc) is 2.83. The highest BCUT2D eigenvalue weighted by atomic mass is 32.1. The molecular weight excluding hydrogens is 260 g/mol. The summed E-state index contributed by atoms with van der Waals surface area (Å²) in [6.45, 7) is 3.97. The molecule has 0 unspecified atom stereocenters. The number of nitrogen functional groups attached to an aromatic ring is 1. The maximum Gasteiger partial charge on any atom is 0.269 e. The number of carbonyl (C=O) groups is 1. The Morgan fingerprint density at radius 1 is 1.47 bits per heavy atom. The molecule has 100 valence electrons. The van der Waals surface area contributed by atoms with Gasteiger partial charge in [0.1, 0.15) is 4.88 Å². The van der Waals surface area contributed by atoms with Crippen LogP contribution >= 0.6 is 11.5 Å². The van der Waals surface area contributed by atoms with Crippen LogP contribution in [0, 0.1) is 6.92 Å². The summed E-state index contributed by atoms with van der Waals surface area (Å²) in [5.74, 6) is -0.179. The van der Waals surface area contributed by atoms with E-state index in [2.05, 4.69) is 14.9 Å². The second kappa shape index (κ2) is 5.79. The van der Waals surface area contributed by atoms with Crippen LogP contribution in [0.3, 0.4) is 0 Å². The first-order valence-electron chi connectivity index (χ1n) is 6.10. The molecule has 0 aliphatic heterocycles. The topological polar surface area (TPSA) is 80.9 Å². The van der Waals surface area contributed by atoms with Crippen molar-refractivity contribution in [1.29, 1.82) is 0 Å². The molecule has 1 aromatic carbocycles. The second-order valence-electron chi connectivity index (χ2n) is 4.32. The number of hydrogen-bond acceptors (Lipinski definition) is 5. The lowest BCUT2D eigenvalue weighted by Crippen LogP contribution is -2.12. The van der Waals surface area contributed by atoms with Gasteiger partial charge in [0.2, 0.25) is 0 Å². The van der Waals surface area contributed by atoms with E-state index in [0.29, 0.717) is 16.3 Å². The number of amides is 1. The van der Waals surface area contributed by atoms with E-state index in [1.54, 1.807) is 6.07 Å². The predicted molar refractivity (Wildman–Crippen MR) is 77.4 cm³/mol. The molecule has 0 atom stereocenters. The summed E-state index contributed by atoms with van der Waals surface area (Å²) in [6.07, 6.45) is 1.69. The highest BCUT2D eigenvalue weighted by Crippen LogP contribution is 2.19. The van der Waals surface area contributed by atoms with Crippen LogP contribution in [0.1, 0.15) is 34.3 Å². The Balaban J connectivity index is 2.16. The highest BCUT2D eigenvalue weighted by molar-refractivity contribution is 7.08. The molecule has 6 heteroatoms. The van der Waals surface area contributed by atoms with Crippen molar-refractivity contribution in [3.8, 4) is 0 Å². The van der Waals surface area contributed by atoms with Crippen LogP contribution in [-0.4, -0.2) is 15.5 Å². The Kier molecular flexibility index (Phi) is 4.11. The Hall–Kier alpha value is -1.95. The molecule has 0 bridgehead atoms. The summed E-state index contributed by atoms with van der Waals surface area (Å²) in [4.78, 5) is 12.7. The number of aromatic nitrogens is 2. The number of nitrogens with one attached hydrogen (secondary N) is 1. The third-order valence-corrected chi connectivity index (χ3v) is 3.55. The number of nitrogens with zero attached hydrogens (tertiary/aromatic N) is 2. The molecule has 0 radical (unpaired) electrons. The second-order valence-corrected chi connectivity index (χ2v) is 5.08. The molecule has 1 heterocycles. The summed E-state index contributed by atoms with van der Waals surface area (Å²) in [6, 6.07) is 5.46. The first-order chi connectivity index (χ1) is 9.11. The van der Waals surface area contributed by atoms with Crippen molar-refractivity contribution in [2.75, 3.05) is 11.1 Å². The molecule has 2 aromatic rings. The van der Waals surface area contributed by atoms with Gasteiger partial charge >= 0.3 is 0 Å². The molecule has 0 saturated heterocycles. The van der Waals surface area contributed by atoms with E-state index < -0.39 is 0 Å².